The van der Waals surface area contributed by atoms with E-state index in [1.807, 2.05) is 25.3 Å². The second-order valence-electron chi connectivity index (χ2n) is 7.11. The first-order chi connectivity index (χ1) is 14.9. The zero-order valence-electron chi connectivity index (χ0n) is 16.9. The Morgan fingerprint density at radius 2 is 1.77 bits per heavy atom. The lowest BCUT2D eigenvalue weighted by molar-refractivity contribution is 0.0474. The number of rotatable bonds is 5. The number of hydrogen-bond acceptors (Lipinski definition) is 6. The molecule has 2 aromatic heterocycles. The summed E-state index contributed by atoms with van der Waals surface area (Å²) in [5.41, 5.74) is 3.54. The van der Waals surface area contributed by atoms with Gasteiger partial charge < -0.3 is 14.5 Å². The van der Waals surface area contributed by atoms with Crippen LogP contribution >= 0.6 is 11.3 Å². The van der Waals surface area contributed by atoms with Gasteiger partial charge in [-0.3, -0.25) is 4.79 Å². The highest BCUT2D eigenvalue weighted by Crippen LogP contribution is 2.22. The number of ether oxygens (including phenoxy) is 1. The van der Waals surface area contributed by atoms with Crippen LogP contribution < -0.4 is 10.9 Å². The number of anilines is 1. The van der Waals surface area contributed by atoms with Gasteiger partial charge in [0.15, 0.2) is 0 Å². The molecule has 0 saturated heterocycles. The fraction of sp³-hybridized carbons (Fsp3) is 0.125. The monoisotopic (exact) mass is 433 g/mol. The minimum Gasteiger partial charge on any atom is -0.457 e. The van der Waals surface area contributed by atoms with Crippen LogP contribution in [0.25, 0.3) is 11.0 Å². The average molecular weight is 433 g/mol. The molecule has 7 heteroatoms. The summed E-state index contributed by atoms with van der Waals surface area (Å²) in [4.78, 5) is 37.1. The predicted molar refractivity (Wildman–Crippen MR) is 120 cm³/mol. The van der Waals surface area contributed by atoms with Crippen molar-refractivity contribution in [2.24, 2.45) is 0 Å². The number of carbonyl (C=O) groups is 2. The molecule has 4 rings (SSSR count). The Balaban J connectivity index is 1.46. The number of hydrogen-bond donors (Lipinski definition) is 1. The first-order valence-corrected chi connectivity index (χ1v) is 10.4. The Morgan fingerprint density at radius 1 is 1.03 bits per heavy atom. The fourth-order valence-electron chi connectivity index (χ4n) is 3.12. The molecule has 0 bridgehead atoms. The Labute approximate surface area is 182 Å². The first-order valence-electron chi connectivity index (χ1n) is 9.57. The lowest BCUT2D eigenvalue weighted by Crippen LogP contribution is -2.11. The Kier molecular flexibility index (Phi) is 5.68. The zero-order chi connectivity index (χ0) is 22.0. The minimum absolute atomic E-state index is 0.0553. The summed E-state index contributed by atoms with van der Waals surface area (Å²) in [5.74, 6) is -0.730. The van der Waals surface area contributed by atoms with Gasteiger partial charge in [0.25, 0.3) is 5.91 Å². The van der Waals surface area contributed by atoms with E-state index >= 15 is 0 Å². The molecule has 0 atom stereocenters. The van der Waals surface area contributed by atoms with E-state index in [0.717, 1.165) is 16.5 Å². The third-order valence-corrected chi connectivity index (χ3v) is 5.80. The standard InChI is InChI=1S/C24H19NO5S/c1-14-10-19-17(12-22(26)30-20(19)11-15(14)2)13-29-24(28)16-5-7-18(8-6-16)25-23(27)21-4-3-9-31-21/h3-12H,13H2,1-2H3,(H,25,27). The van der Waals surface area contributed by atoms with Gasteiger partial charge in [0.1, 0.15) is 12.2 Å². The van der Waals surface area contributed by atoms with Crippen LogP contribution in [-0.4, -0.2) is 11.9 Å². The molecule has 0 spiro atoms. The molecule has 1 amide bonds. The van der Waals surface area contributed by atoms with Gasteiger partial charge in [0, 0.05) is 22.7 Å². The van der Waals surface area contributed by atoms with Gasteiger partial charge in [-0.25, -0.2) is 9.59 Å². The quantitative estimate of drug-likeness (QED) is 0.350. The highest BCUT2D eigenvalue weighted by atomic mass is 32.1. The SMILES string of the molecule is Cc1cc2oc(=O)cc(COC(=O)c3ccc(NC(=O)c4cccs4)cc3)c2cc1C. The lowest BCUT2D eigenvalue weighted by atomic mass is 10.0. The largest absolute Gasteiger partial charge is 0.457 e. The number of carbonyl (C=O) groups excluding carboxylic acids is 2. The fourth-order valence-corrected chi connectivity index (χ4v) is 3.74. The van der Waals surface area contributed by atoms with Crippen LogP contribution in [0.4, 0.5) is 5.69 Å². The molecule has 0 radical (unpaired) electrons. The van der Waals surface area contributed by atoms with Crippen molar-refractivity contribution in [1.29, 1.82) is 0 Å². The minimum atomic E-state index is -0.527. The maximum Gasteiger partial charge on any atom is 0.338 e. The van der Waals surface area contributed by atoms with Crippen molar-refractivity contribution in [3.8, 4) is 0 Å². The molecule has 6 nitrogen and oxygen atoms in total. The summed E-state index contributed by atoms with van der Waals surface area (Å²) < 4.78 is 10.7. The summed E-state index contributed by atoms with van der Waals surface area (Å²) >= 11 is 1.35. The van der Waals surface area contributed by atoms with Gasteiger partial charge >= 0.3 is 11.6 Å². The van der Waals surface area contributed by atoms with Gasteiger partial charge in [-0.1, -0.05) is 6.07 Å². The van der Waals surface area contributed by atoms with E-state index in [4.69, 9.17) is 9.15 Å². The Bertz CT molecular complexity index is 1320. The van der Waals surface area contributed by atoms with Crippen molar-refractivity contribution >= 4 is 39.9 Å². The van der Waals surface area contributed by atoms with E-state index in [9.17, 15) is 14.4 Å². The summed E-state index contributed by atoms with van der Waals surface area (Å²) in [5, 5.41) is 5.35. The topological polar surface area (TPSA) is 85.6 Å². The maximum absolute atomic E-state index is 12.5. The normalized spacial score (nSPS) is 10.8. The van der Waals surface area contributed by atoms with E-state index < -0.39 is 11.6 Å². The van der Waals surface area contributed by atoms with Gasteiger partial charge in [-0.05, 0) is 72.8 Å². The summed E-state index contributed by atoms with van der Waals surface area (Å²) in [7, 11) is 0. The van der Waals surface area contributed by atoms with E-state index in [2.05, 4.69) is 5.32 Å². The highest BCUT2D eigenvalue weighted by Gasteiger charge is 2.13. The molecule has 2 aromatic carbocycles. The van der Waals surface area contributed by atoms with E-state index in [1.54, 1.807) is 42.5 Å². The maximum atomic E-state index is 12.5. The molecule has 0 saturated carbocycles. The van der Waals surface area contributed by atoms with Crippen LogP contribution in [0.2, 0.25) is 0 Å². The summed E-state index contributed by atoms with van der Waals surface area (Å²) in [6.07, 6.45) is 0. The number of benzene rings is 2. The second-order valence-corrected chi connectivity index (χ2v) is 8.06. The van der Waals surface area contributed by atoms with Crippen molar-refractivity contribution in [3.63, 3.8) is 0 Å². The van der Waals surface area contributed by atoms with Gasteiger partial charge in [-0.2, -0.15) is 0 Å². The van der Waals surface area contributed by atoms with Crippen molar-refractivity contribution in [2.75, 3.05) is 5.32 Å². The van der Waals surface area contributed by atoms with Crippen molar-refractivity contribution in [2.45, 2.75) is 20.5 Å². The van der Waals surface area contributed by atoms with E-state index in [0.29, 0.717) is 27.3 Å². The van der Waals surface area contributed by atoms with Crippen molar-refractivity contribution in [3.05, 3.63) is 97.5 Å². The van der Waals surface area contributed by atoms with E-state index in [1.165, 1.54) is 17.4 Å². The van der Waals surface area contributed by atoms with Crippen molar-refractivity contribution < 1.29 is 18.7 Å². The third kappa shape index (κ3) is 4.57. The first kappa shape index (κ1) is 20.6. The number of aryl methyl sites for hydroxylation is 2. The number of thiophene rings is 1. The number of fused-ring (bicyclic) bond motifs is 1. The molecule has 4 aromatic rings. The molecular formula is C24H19NO5S. The number of esters is 1. The molecule has 0 aliphatic carbocycles. The van der Waals surface area contributed by atoms with Gasteiger partial charge in [-0.15, -0.1) is 11.3 Å². The van der Waals surface area contributed by atoms with Crippen LogP contribution in [0.1, 0.15) is 36.7 Å². The highest BCUT2D eigenvalue weighted by molar-refractivity contribution is 7.12. The Morgan fingerprint density at radius 3 is 2.48 bits per heavy atom. The van der Waals surface area contributed by atoms with Crippen molar-refractivity contribution in [1.82, 2.24) is 0 Å². The molecule has 1 N–H and O–H groups in total. The van der Waals surface area contributed by atoms with Gasteiger partial charge in [0.2, 0.25) is 0 Å². The predicted octanol–water partition coefficient (Wildman–Crippen LogP) is 5.08. The molecule has 156 valence electrons. The second kappa shape index (κ2) is 8.57. The Hall–Kier alpha value is -3.71. The van der Waals surface area contributed by atoms with Crippen LogP contribution in [0, 0.1) is 13.8 Å². The smallest absolute Gasteiger partial charge is 0.338 e. The average Bonchev–Trinajstić information content (AvgIpc) is 3.29. The lowest BCUT2D eigenvalue weighted by Gasteiger charge is -2.10. The van der Waals surface area contributed by atoms with Crippen LogP contribution in [0.3, 0.4) is 0 Å². The molecule has 2 heterocycles. The van der Waals surface area contributed by atoms with Gasteiger partial charge in [0.05, 0.1) is 10.4 Å². The number of amides is 1. The summed E-state index contributed by atoms with van der Waals surface area (Å²) in [6, 6.07) is 15.1. The van der Waals surface area contributed by atoms with Crippen LogP contribution in [0.5, 0.6) is 0 Å². The molecular weight excluding hydrogens is 414 g/mol. The zero-order valence-corrected chi connectivity index (χ0v) is 17.7. The molecule has 0 fully saturated rings. The molecule has 0 aliphatic heterocycles. The van der Waals surface area contributed by atoms with Crippen LogP contribution in [-0.2, 0) is 11.3 Å². The molecule has 0 aliphatic rings. The van der Waals surface area contributed by atoms with Crippen LogP contribution in [0.15, 0.2) is 69.2 Å². The third-order valence-electron chi connectivity index (χ3n) is 4.93. The van der Waals surface area contributed by atoms with E-state index in [-0.39, 0.29) is 12.5 Å². The number of nitrogens with one attached hydrogen (secondary N) is 1. The molecule has 31 heavy (non-hydrogen) atoms. The molecule has 0 unspecified atom stereocenters. The summed E-state index contributed by atoms with van der Waals surface area (Å²) in [6.45, 7) is 3.85.